The van der Waals surface area contributed by atoms with Crippen molar-refractivity contribution < 1.29 is 22.4 Å². The minimum atomic E-state index is -4.62. The zero-order valence-corrected chi connectivity index (χ0v) is 16.2. The van der Waals surface area contributed by atoms with Crippen molar-refractivity contribution in [3.05, 3.63) is 40.5 Å². The fourth-order valence-electron chi connectivity index (χ4n) is 2.79. The summed E-state index contributed by atoms with van der Waals surface area (Å²) in [6.45, 7) is 1.82. The molecule has 2 aromatic heterocycles. The van der Waals surface area contributed by atoms with Gasteiger partial charge in [0, 0.05) is 47.6 Å². The number of nitrogens with one attached hydrogen (secondary N) is 2. The van der Waals surface area contributed by atoms with Crippen LogP contribution in [0.1, 0.15) is 24.7 Å². The topological polar surface area (TPSA) is 79.8 Å². The van der Waals surface area contributed by atoms with E-state index < -0.39 is 24.2 Å². The van der Waals surface area contributed by atoms with Crippen molar-refractivity contribution in [2.45, 2.75) is 44.3 Å². The summed E-state index contributed by atoms with van der Waals surface area (Å²) < 4.78 is 51.9. The molecule has 11 heteroatoms. The zero-order chi connectivity index (χ0) is 20.5. The van der Waals surface area contributed by atoms with Gasteiger partial charge in [-0.2, -0.15) is 13.2 Å². The fraction of sp³-hybridized carbons (Fsp3) is 0.412. The predicted molar refractivity (Wildman–Crippen MR) is 95.7 cm³/mol. The normalized spacial score (nSPS) is 22.3. The van der Waals surface area contributed by atoms with E-state index in [2.05, 4.69) is 41.5 Å². The van der Waals surface area contributed by atoms with Gasteiger partial charge in [-0.25, -0.2) is 14.4 Å². The molecule has 2 aromatic rings. The Morgan fingerprint density at radius 1 is 1.29 bits per heavy atom. The summed E-state index contributed by atoms with van der Waals surface area (Å²) in [7, 11) is 0. The summed E-state index contributed by atoms with van der Waals surface area (Å²) in [5, 5.41) is 5.61. The van der Waals surface area contributed by atoms with Crippen LogP contribution in [-0.2, 0) is 17.5 Å². The van der Waals surface area contributed by atoms with Gasteiger partial charge in [0.2, 0.25) is 11.7 Å². The first-order valence-electron chi connectivity index (χ1n) is 8.37. The second-order valence-corrected chi connectivity index (χ2v) is 7.29. The number of carbonyl (C=O) groups excluding carboxylic acids is 1. The molecular weight excluding hydrogens is 446 g/mol. The SMILES string of the molecule is C[C@@H]1N[C@H](C(=O)NCc2cc(-c3cnc(C(F)(F)F)nc3)ncc2Br)C[C@H]1F. The molecule has 0 unspecified atom stereocenters. The van der Waals surface area contributed by atoms with Crippen LogP contribution in [0, 0.1) is 0 Å². The molecule has 6 nitrogen and oxygen atoms in total. The zero-order valence-electron chi connectivity index (χ0n) is 14.6. The first-order chi connectivity index (χ1) is 13.1. The molecule has 0 radical (unpaired) electrons. The lowest BCUT2D eigenvalue weighted by Gasteiger charge is -2.13. The third kappa shape index (κ3) is 4.64. The van der Waals surface area contributed by atoms with Gasteiger partial charge in [0.25, 0.3) is 0 Å². The van der Waals surface area contributed by atoms with Crippen molar-refractivity contribution >= 4 is 21.8 Å². The number of hydrogen-bond acceptors (Lipinski definition) is 5. The number of amides is 1. The number of aromatic nitrogens is 3. The van der Waals surface area contributed by atoms with Crippen molar-refractivity contribution in [2.75, 3.05) is 0 Å². The van der Waals surface area contributed by atoms with Crippen LogP contribution >= 0.6 is 15.9 Å². The van der Waals surface area contributed by atoms with Gasteiger partial charge in [-0.1, -0.05) is 0 Å². The molecule has 3 atom stereocenters. The second-order valence-electron chi connectivity index (χ2n) is 6.43. The highest BCUT2D eigenvalue weighted by molar-refractivity contribution is 9.10. The van der Waals surface area contributed by atoms with Crippen LogP contribution in [0.25, 0.3) is 11.3 Å². The quantitative estimate of drug-likeness (QED) is 0.684. The van der Waals surface area contributed by atoms with Gasteiger partial charge in [-0.3, -0.25) is 9.78 Å². The van der Waals surface area contributed by atoms with Gasteiger partial charge >= 0.3 is 6.18 Å². The van der Waals surface area contributed by atoms with E-state index in [0.717, 1.165) is 12.4 Å². The van der Waals surface area contributed by atoms with E-state index in [-0.39, 0.29) is 24.9 Å². The summed E-state index contributed by atoms with van der Waals surface area (Å²) in [5.74, 6) is -1.56. The largest absolute Gasteiger partial charge is 0.451 e. The minimum absolute atomic E-state index is 0.110. The number of carbonyl (C=O) groups is 1. The molecule has 1 aliphatic rings. The number of alkyl halides is 4. The highest BCUT2D eigenvalue weighted by Crippen LogP contribution is 2.27. The van der Waals surface area contributed by atoms with E-state index >= 15 is 0 Å². The maximum atomic E-state index is 13.6. The van der Waals surface area contributed by atoms with E-state index in [0.29, 0.717) is 21.3 Å². The highest BCUT2D eigenvalue weighted by Gasteiger charge is 2.35. The molecule has 0 bridgehead atoms. The smallest absolute Gasteiger partial charge is 0.351 e. The Kier molecular flexibility index (Phi) is 5.94. The van der Waals surface area contributed by atoms with Crippen molar-refractivity contribution in [2.24, 2.45) is 0 Å². The Labute approximate surface area is 166 Å². The monoisotopic (exact) mass is 461 g/mol. The molecule has 2 N–H and O–H groups in total. The number of pyridine rings is 1. The number of rotatable bonds is 4. The Morgan fingerprint density at radius 3 is 2.54 bits per heavy atom. The minimum Gasteiger partial charge on any atom is -0.351 e. The molecule has 0 aromatic carbocycles. The standard InChI is InChI=1S/C17H16BrF4N5O/c1-8-12(19)3-14(27-8)15(28)24-4-9-2-13(23-7-11(9)18)10-5-25-16(26-6-10)17(20,21)22/h2,5-8,12,14,27H,3-4H2,1H3,(H,24,28)/t8-,12+,14-/m0/s1. The van der Waals surface area contributed by atoms with Crippen molar-refractivity contribution in [1.29, 1.82) is 0 Å². The lowest BCUT2D eigenvalue weighted by Crippen LogP contribution is -2.42. The molecule has 3 rings (SSSR count). The Balaban J connectivity index is 1.70. The summed E-state index contributed by atoms with van der Waals surface area (Å²) >= 11 is 3.32. The molecule has 0 aliphatic carbocycles. The lowest BCUT2D eigenvalue weighted by atomic mass is 10.1. The van der Waals surface area contributed by atoms with Crippen LogP contribution in [0.3, 0.4) is 0 Å². The third-order valence-electron chi connectivity index (χ3n) is 4.37. The first kappa shape index (κ1) is 20.6. The van der Waals surface area contributed by atoms with Crippen LogP contribution < -0.4 is 10.6 Å². The Morgan fingerprint density at radius 2 is 1.96 bits per heavy atom. The Hall–Kier alpha value is -2.14. The van der Waals surface area contributed by atoms with Crippen LogP contribution in [0.2, 0.25) is 0 Å². The molecule has 28 heavy (non-hydrogen) atoms. The van der Waals surface area contributed by atoms with Gasteiger partial charge in [-0.05, 0) is 34.5 Å². The highest BCUT2D eigenvalue weighted by atomic mass is 79.9. The van der Waals surface area contributed by atoms with Gasteiger partial charge in [0.15, 0.2) is 0 Å². The average molecular weight is 462 g/mol. The molecule has 0 saturated carbocycles. The second kappa shape index (κ2) is 8.08. The van der Waals surface area contributed by atoms with Crippen LogP contribution in [-0.4, -0.2) is 39.1 Å². The van der Waals surface area contributed by atoms with Crippen LogP contribution in [0.5, 0.6) is 0 Å². The number of hydrogen-bond donors (Lipinski definition) is 2. The van der Waals surface area contributed by atoms with Gasteiger partial charge in [0.1, 0.15) is 6.17 Å². The van der Waals surface area contributed by atoms with E-state index in [1.807, 2.05) is 0 Å². The van der Waals surface area contributed by atoms with Crippen molar-refractivity contribution in [1.82, 2.24) is 25.6 Å². The van der Waals surface area contributed by atoms with E-state index in [1.165, 1.54) is 6.20 Å². The van der Waals surface area contributed by atoms with Crippen molar-refractivity contribution in [3.8, 4) is 11.3 Å². The molecule has 1 aliphatic heterocycles. The lowest BCUT2D eigenvalue weighted by molar-refractivity contribution is -0.145. The van der Waals surface area contributed by atoms with E-state index in [4.69, 9.17) is 0 Å². The molecule has 1 saturated heterocycles. The maximum absolute atomic E-state index is 13.6. The summed E-state index contributed by atoms with van der Waals surface area (Å²) in [6.07, 6.45) is -2.03. The maximum Gasteiger partial charge on any atom is 0.451 e. The first-order valence-corrected chi connectivity index (χ1v) is 9.16. The van der Waals surface area contributed by atoms with Crippen LogP contribution in [0.4, 0.5) is 17.6 Å². The molecule has 3 heterocycles. The molecule has 150 valence electrons. The average Bonchev–Trinajstić information content (AvgIpc) is 2.99. The Bertz CT molecular complexity index is 852. The van der Waals surface area contributed by atoms with Gasteiger partial charge in [0.05, 0.1) is 11.7 Å². The van der Waals surface area contributed by atoms with Crippen molar-refractivity contribution in [3.63, 3.8) is 0 Å². The molecule has 1 fully saturated rings. The molecule has 0 spiro atoms. The third-order valence-corrected chi connectivity index (χ3v) is 5.09. The van der Waals surface area contributed by atoms with Gasteiger partial charge in [-0.15, -0.1) is 0 Å². The summed E-state index contributed by atoms with van der Waals surface area (Å²) in [6, 6.07) is 0.627. The molecule has 1 amide bonds. The summed E-state index contributed by atoms with van der Waals surface area (Å²) in [4.78, 5) is 23.0. The molecular formula is C17H16BrF4N5O. The van der Waals surface area contributed by atoms with E-state index in [1.54, 1.807) is 13.0 Å². The summed E-state index contributed by atoms with van der Waals surface area (Å²) in [5.41, 5.74) is 1.32. The van der Waals surface area contributed by atoms with Crippen LogP contribution in [0.15, 0.2) is 29.1 Å². The number of halogens is 5. The number of nitrogens with zero attached hydrogens (tertiary/aromatic N) is 3. The predicted octanol–water partition coefficient (Wildman–Crippen LogP) is 3.02. The van der Waals surface area contributed by atoms with E-state index in [9.17, 15) is 22.4 Å². The fourth-order valence-corrected chi connectivity index (χ4v) is 3.14. The van der Waals surface area contributed by atoms with Gasteiger partial charge < -0.3 is 10.6 Å².